The average Bonchev–Trinajstić information content (AvgIpc) is 3.78. The number of allylic oxidation sites excluding steroid dienone is 1. The summed E-state index contributed by atoms with van der Waals surface area (Å²) in [7, 11) is 1.52. The number of benzene rings is 2. The van der Waals surface area contributed by atoms with Gasteiger partial charge in [-0.05, 0) is 69.0 Å². The largest absolute Gasteiger partial charge is 0.455 e. The Hall–Kier alpha value is -4.04. The van der Waals surface area contributed by atoms with Crippen molar-refractivity contribution in [3.63, 3.8) is 0 Å². The molecule has 0 unspecified atom stereocenters. The summed E-state index contributed by atoms with van der Waals surface area (Å²) in [5.41, 5.74) is 0.892. The third kappa shape index (κ3) is 8.26. The normalized spacial score (nSPS) is 28.9. The zero-order valence-corrected chi connectivity index (χ0v) is 33.5. The second kappa shape index (κ2) is 18.3. The Labute approximate surface area is 332 Å². The molecule has 0 aliphatic carbocycles. The fourth-order valence-corrected chi connectivity index (χ4v) is 9.30. The number of amides is 3. The van der Waals surface area contributed by atoms with Gasteiger partial charge in [-0.15, -0.1) is 0 Å². The Morgan fingerprint density at radius 1 is 0.945 bits per heavy atom. The first-order chi connectivity index (χ1) is 26.7. The smallest absolute Gasteiger partial charge is 0.313 e. The lowest BCUT2D eigenvalue weighted by Crippen LogP contribution is -2.56. The summed E-state index contributed by atoms with van der Waals surface area (Å²) >= 11 is 3.65. The lowest BCUT2D eigenvalue weighted by atomic mass is 9.74. The number of fused-ring (bicyclic) bond motifs is 2. The highest BCUT2D eigenvalue weighted by molar-refractivity contribution is 9.11. The van der Waals surface area contributed by atoms with Crippen LogP contribution >= 0.6 is 15.9 Å². The van der Waals surface area contributed by atoms with Crippen LogP contribution in [0.4, 0.5) is 11.4 Å². The molecule has 55 heavy (non-hydrogen) atoms. The minimum absolute atomic E-state index is 0.0670. The maximum Gasteiger partial charge on any atom is 0.313 e. The number of carbonyl (C=O) groups is 4. The van der Waals surface area contributed by atoms with Crippen molar-refractivity contribution in [1.29, 1.82) is 0 Å². The minimum atomic E-state index is -1.44. The number of methoxy groups -OCH3 is 1. The quantitative estimate of drug-likeness (QED) is 0.162. The molecule has 2 saturated heterocycles. The standard InChI is InChI=1S/C42H53BrN4O8/c1-4-45(5-2)29-19-21-30(22-20-29)46-23-14-9-12-18-33(49)44-32(27-53-3)36(28-16-10-8-11-17-28)54-41(52)34-35-39(50)47(24-13-6-7-15-25-48)38(40(46)51)42(35)26-31(43)37(34)55-42/h8-11,14,16-17,19-22,26,32,34-38,48H,4-7,12-13,15,18,23-25,27H2,1-3H3,(H,44,49)/b14-9-/t32-,34+,35-,36-,37+,38+,42-/m1/s1. The lowest BCUT2D eigenvalue weighted by Gasteiger charge is -2.36. The highest BCUT2D eigenvalue weighted by Crippen LogP contribution is 2.59. The van der Waals surface area contributed by atoms with E-state index in [1.807, 2.05) is 72.8 Å². The molecule has 4 aliphatic rings. The molecule has 2 N–H and O–H groups in total. The van der Waals surface area contributed by atoms with Crippen LogP contribution in [0.3, 0.4) is 0 Å². The summed E-state index contributed by atoms with van der Waals surface area (Å²) in [6.45, 7) is 6.46. The van der Waals surface area contributed by atoms with Crippen molar-refractivity contribution in [1.82, 2.24) is 10.2 Å². The zero-order chi connectivity index (χ0) is 39.1. The number of carbonyl (C=O) groups excluding carboxylic acids is 4. The first kappa shape index (κ1) is 40.6. The van der Waals surface area contributed by atoms with Crippen LogP contribution in [0.1, 0.15) is 64.0 Å². The number of cyclic esters (lactones) is 1. The second-order valence-electron chi connectivity index (χ2n) is 14.5. The number of aliphatic hydroxyl groups excluding tert-OH is 1. The van der Waals surface area contributed by atoms with Gasteiger partial charge in [0.1, 0.15) is 29.8 Å². The van der Waals surface area contributed by atoms with Crippen LogP contribution in [-0.2, 0) is 33.4 Å². The number of rotatable bonds is 13. The molecule has 4 heterocycles. The minimum Gasteiger partial charge on any atom is -0.455 e. The van der Waals surface area contributed by atoms with E-state index in [-0.39, 0.29) is 50.4 Å². The van der Waals surface area contributed by atoms with E-state index >= 15 is 4.79 Å². The number of halogens is 1. The van der Waals surface area contributed by atoms with E-state index in [1.165, 1.54) is 7.11 Å². The summed E-state index contributed by atoms with van der Waals surface area (Å²) in [6, 6.07) is 15.2. The number of unbranched alkanes of at least 4 members (excludes halogenated alkanes) is 3. The number of hydrogen-bond acceptors (Lipinski definition) is 9. The summed E-state index contributed by atoms with van der Waals surface area (Å²) in [5.74, 6) is -3.67. The Kier molecular flexibility index (Phi) is 13.5. The molecule has 12 nitrogen and oxygen atoms in total. The molecule has 6 rings (SSSR count). The number of nitrogens with zero attached hydrogens (tertiary/aromatic N) is 3. The molecule has 5 bridgehead atoms. The second-order valence-corrected chi connectivity index (χ2v) is 15.5. The molecule has 4 aliphatic heterocycles. The Morgan fingerprint density at radius 2 is 1.67 bits per heavy atom. The van der Waals surface area contributed by atoms with E-state index in [4.69, 9.17) is 14.2 Å². The number of likely N-dealkylation sites (tertiary alicyclic amines) is 1. The van der Waals surface area contributed by atoms with Crippen LogP contribution in [0.25, 0.3) is 0 Å². The van der Waals surface area contributed by atoms with Crippen molar-refractivity contribution < 1.29 is 38.5 Å². The fraction of sp³-hybridized carbons (Fsp3) is 0.524. The van der Waals surface area contributed by atoms with Gasteiger partial charge < -0.3 is 39.3 Å². The van der Waals surface area contributed by atoms with Gasteiger partial charge in [-0.3, -0.25) is 19.2 Å². The highest BCUT2D eigenvalue weighted by Gasteiger charge is 2.75. The highest BCUT2D eigenvalue weighted by atomic mass is 79.9. The van der Waals surface area contributed by atoms with Gasteiger partial charge in [0.2, 0.25) is 11.8 Å². The SMILES string of the molecule is CCN(CC)c1ccc(N2C/C=C\CCC(=O)N[C@H](COC)[C@@H](c3ccccc3)OC(=O)[C@@H]3[C@H]4O[C@@]5(C=C4Br)[C@H](C2=O)N(CCCCCCO)C(=O)[C@@H]35)cc1. The van der Waals surface area contributed by atoms with Gasteiger partial charge in [-0.2, -0.15) is 0 Å². The predicted octanol–water partition coefficient (Wildman–Crippen LogP) is 5.06. The molecule has 0 aromatic heterocycles. The van der Waals surface area contributed by atoms with Crippen molar-refractivity contribution in [3.8, 4) is 0 Å². The number of anilines is 2. The maximum absolute atomic E-state index is 15.3. The van der Waals surface area contributed by atoms with Crippen molar-refractivity contribution in [3.05, 3.63) is 82.9 Å². The van der Waals surface area contributed by atoms with Gasteiger partial charge in [0, 0.05) is 62.2 Å². The third-order valence-corrected chi connectivity index (χ3v) is 11.9. The first-order valence-corrected chi connectivity index (χ1v) is 20.3. The van der Waals surface area contributed by atoms with Crippen molar-refractivity contribution in [2.75, 3.05) is 56.3 Å². The molecule has 13 heteroatoms. The zero-order valence-electron chi connectivity index (χ0n) is 31.9. The maximum atomic E-state index is 15.3. The van der Waals surface area contributed by atoms with Crippen LogP contribution < -0.4 is 15.1 Å². The summed E-state index contributed by atoms with van der Waals surface area (Å²) in [6.07, 6.45) is 7.13. The van der Waals surface area contributed by atoms with Gasteiger partial charge >= 0.3 is 5.97 Å². The van der Waals surface area contributed by atoms with E-state index in [9.17, 15) is 19.5 Å². The van der Waals surface area contributed by atoms with Crippen LogP contribution in [0.5, 0.6) is 0 Å². The molecular weight excluding hydrogens is 768 g/mol. The molecule has 2 fully saturated rings. The molecule has 2 aromatic carbocycles. The van der Waals surface area contributed by atoms with Gasteiger partial charge in [0.05, 0.1) is 18.6 Å². The topological polar surface area (TPSA) is 138 Å². The van der Waals surface area contributed by atoms with Gasteiger partial charge in [0.25, 0.3) is 5.91 Å². The molecular formula is C42H53BrN4O8. The molecule has 1 spiro atoms. The molecule has 0 saturated carbocycles. The number of hydrogen-bond donors (Lipinski definition) is 2. The van der Waals surface area contributed by atoms with Gasteiger partial charge in [-0.25, -0.2) is 0 Å². The van der Waals surface area contributed by atoms with Gasteiger partial charge in [-0.1, -0.05) is 71.3 Å². The Balaban J connectivity index is 1.44. The summed E-state index contributed by atoms with van der Waals surface area (Å²) in [5, 5.41) is 12.4. The third-order valence-electron chi connectivity index (χ3n) is 11.2. The monoisotopic (exact) mass is 820 g/mol. The van der Waals surface area contributed by atoms with E-state index in [1.54, 1.807) is 9.80 Å². The van der Waals surface area contributed by atoms with Crippen molar-refractivity contribution in [2.45, 2.75) is 82.3 Å². The summed E-state index contributed by atoms with van der Waals surface area (Å²) < 4.78 is 19.2. The van der Waals surface area contributed by atoms with Crippen LogP contribution in [0.15, 0.2) is 77.3 Å². The number of ether oxygens (including phenoxy) is 3. The average molecular weight is 822 g/mol. The molecule has 296 valence electrons. The molecule has 2 aromatic rings. The number of esters is 1. The van der Waals surface area contributed by atoms with E-state index in [0.29, 0.717) is 35.0 Å². The lowest BCUT2D eigenvalue weighted by molar-refractivity contribution is -0.162. The van der Waals surface area contributed by atoms with Crippen molar-refractivity contribution >= 4 is 51.0 Å². The fourth-order valence-electron chi connectivity index (χ4n) is 8.56. The summed E-state index contributed by atoms with van der Waals surface area (Å²) in [4.78, 5) is 63.6. The Bertz CT molecular complexity index is 1730. The van der Waals surface area contributed by atoms with Crippen LogP contribution in [-0.4, -0.2) is 104 Å². The molecule has 7 atom stereocenters. The first-order valence-electron chi connectivity index (χ1n) is 19.5. The molecule has 0 radical (unpaired) electrons. The van der Waals surface area contributed by atoms with E-state index in [0.717, 1.165) is 31.6 Å². The van der Waals surface area contributed by atoms with Gasteiger partial charge in [0.15, 0.2) is 0 Å². The van der Waals surface area contributed by atoms with Crippen LogP contribution in [0, 0.1) is 11.8 Å². The van der Waals surface area contributed by atoms with Crippen molar-refractivity contribution in [2.24, 2.45) is 11.8 Å². The Morgan fingerprint density at radius 3 is 2.36 bits per heavy atom. The predicted molar refractivity (Wildman–Crippen MR) is 212 cm³/mol. The number of nitrogens with one attached hydrogen (secondary N) is 1. The van der Waals surface area contributed by atoms with E-state index < -0.39 is 47.7 Å². The van der Waals surface area contributed by atoms with E-state index in [2.05, 4.69) is 40.0 Å². The van der Waals surface area contributed by atoms with Crippen LogP contribution in [0.2, 0.25) is 0 Å². The molecule has 3 amide bonds. The number of aliphatic hydroxyl groups is 1.